The fourth-order valence-electron chi connectivity index (χ4n) is 1.93. The Balaban J connectivity index is 2.22. The number of carbonyl (C=O) groups excluding carboxylic acids is 1. The van der Waals surface area contributed by atoms with E-state index in [-0.39, 0.29) is 5.91 Å². The summed E-state index contributed by atoms with van der Waals surface area (Å²) in [6.45, 7) is 2.28. The monoisotopic (exact) mass is 302 g/mol. The number of rotatable bonds is 6. The highest BCUT2D eigenvalue weighted by molar-refractivity contribution is 6.05. The average Bonchev–Trinajstić information content (AvgIpc) is 2.55. The van der Waals surface area contributed by atoms with Crippen molar-refractivity contribution in [2.45, 2.75) is 6.92 Å². The number of ether oxygens (including phenoxy) is 3. The van der Waals surface area contributed by atoms with Crippen LogP contribution in [0.1, 0.15) is 17.3 Å². The van der Waals surface area contributed by atoms with Crippen LogP contribution in [0.3, 0.4) is 0 Å². The normalized spacial score (nSPS) is 9.95. The van der Waals surface area contributed by atoms with Gasteiger partial charge in [-0.2, -0.15) is 0 Å². The predicted molar refractivity (Wildman–Crippen MR) is 82.9 cm³/mol. The Morgan fingerprint density at radius 1 is 1.18 bits per heavy atom. The highest BCUT2D eigenvalue weighted by atomic mass is 16.5. The Hall–Kier alpha value is -2.76. The van der Waals surface area contributed by atoms with E-state index >= 15 is 0 Å². The van der Waals surface area contributed by atoms with Crippen molar-refractivity contribution in [2.24, 2.45) is 0 Å². The summed E-state index contributed by atoms with van der Waals surface area (Å²) in [5.74, 6) is 1.14. The molecule has 1 aromatic carbocycles. The number of pyridine rings is 1. The van der Waals surface area contributed by atoms with Gasteiger partial charge in [0.2, 0.25) is 5.88 Å². The highest BCUT2D eigenvalue weighted by Gasteiger charge is 2.14. The van der Waals surface area contributed by atoms with E-state index in [1.54, 1.807) is 43.6 Å². The smallest absolute Gasteiger partial charge is 0.261 e. The second-order valence-corrected chi connectivity index (χ2v) is 4.31. The Labute approximate surface area is 129 Å². The Morgan fingerprint density at radius 3 is 2.64 bits per heavy atom. The number of hydrogen-bond acceptors (Lipinski definition) is 5. The van der Waals surface area contributed by atoms with E-state index in [1.807, 2.05) is 6.92 Å². The van der Waals surface area contributed by atoms with E-state index in [0.717, 1.165) is 0 Å². The second-order valence-electron chi connectivity index (χ2n) is 4.31. The summed E-state index contributed by atoms with van der Waals surface area (Å²) in [5.41, 5.74) is 0.966. The van der Waals surface area contributed by atoms with Crippen molar-refractivity contribution in [2.75, 3.05) is 26.1 Å². The molecule has 0 saturated heterocycles. The molecule has 1 aromatic heterocycles. The van der Waals surface area contributed by atoms with E-state index in [2.05, 4.69) is 10.3 Å². The maximum atomic E-state index is 12.4. The first-order valence-electron chi connectivity index (χ1n) is 6.80. The number of aromatic nitrogens is 1. The lowest BCUT2D eigenvalue weighted by atomic mass is 10.2. The average molecular weight is 302 g/mol. The Bertz CT molecular complexity index is 658. The SMILES string of the molecule is CCOc1ncccc1C(=O)Nc1ccc(OC)c(OC)c1. The minimum atomic E-state index is -0.302. The van der Waals surface area contributed by atoms with E-state index in [4.69, 9.17) is 14.2 Å². The number of nitrogens with zero attached hydrogens (tertiary/aromatic N) is 1. The van der Waals surface area contributed by atoms with Gasteiger partial charge in [-0.1, -0.05) is 0 Å². The quantitative estimate of drug-likeness (QED) is 0.888. The molecule has 0 aliphatic heterocycles. The van der Waals surface area contributed by atoms with Crippen LogP contribution in [0.25, 0.3) is 0 Å². The van der Waals surface area contributed by atoms with Crippen molar-refractivity contribution in [3.8, 4) is 17.4 Å². The fraction of sp³-hybridized carbons (Fsp3) is 0.250. The van der Waals surface area contributed by atoms with Crippen LogP contribution < -0.4 is 19.5 Å². The zero-order valence-corrected chi connectivity index (χ0v) is 12.8. The van der Waals surface area contributed by atoms with Gasteiger partial charge in [-0.05, 0) is 31.2 Å². The van der Waals surface area contributed by atoms with Crippen molar-refractivity contribution in [1.82, 2.24) is 4.98 Å². The summed E-state index contributed by atoms with van der Waals surface area (Å²) in [4.78, 5) is 16.4. The van der Waals surface area contributed by atoms with Crippen molar-refractivity contribution >= 4 is 11.6 Å². The van der Waals surface area contributed by atoms with Gasteiger partial charge in [0.1, 0.15) is 5.56 Å². The van der Waals surface area contributed by atoms with Gasteiger partial charge in [-0.25, -0.2) is 4.98 Å². The van der Waals surface area contributed by atoms with Gasteiger partial charge < -0.3 is 19.5 Å². The van der Waals surface area contributed by atoms with Crippen molar-refractivity contribution < 1.29 is 19.0 Å². The summed E-state index contributed by atoms with van der Waals surface area (Å²) in [6, 6.07) is 8.49. The van der Waals surface area contributed by atoms with E-state index in [1.165, 1.54) is 7.11 Å². The molecule has 6 nitrogen and oxygen atoms in total. The molecule has 0 aliphatic carbocycles. The van der Waals surface area contributed by atoms with Gasteiger partial charge in [0, 0.05) is 18.0 Å². The topological polar surface area (TPSA) is 69.7 Å². The zero-order valence-electron chi connectivity index (χ0n) is 12.8. The molecule has 2 aromatic rings. The molecule has 0 bridgehead atoms. The number of carbonyl (C=O) groups is 1. The maximum Gasteiger partial charge on any atom is 0.261 e. The third-order valence-electron chi connectivity index (χ3n) is 2.94. The summed E-state index contributed by atoms with van der Waals surface area (Å²) < 4.78 is 15.7. The van der Waals surface area contributed by atoms with Crippen LogP contribution in [-0.4, -0.2) is 31.7 Å². The molecule has 116 valence electrons. The summed E-state index contributed by atoms with van der Waals surface area (Å²) in [5, 5.41) is 2.79. The van der Waals surface area contributed by atoms with Gasteiger partial charge in [0.25, 0.3) is 5.91 Å². The molecule has 22 heavy (non-hydrogen) atoms. The molecule has 0 spiro atoms. The standard InChI is InChI=1S/C16H18N2O4/c1-4-22-16-12(6-5-9-17-16)15(19)18-11-7-8-13(20-2)14(10-11)21-3/h5-10H,4H2,1-3H3,(H,18,19). The number of nitrogens with one attached hydrogen (secondary N) is 1. The summed E-state index contributed by atoms with van der Waals surface area (Å²) in [6.07, 6.45) is 1.58. The lowest BCUT2D eigenvalue weighted by Crippen LogP contribution is -2.14. The van der Waals surface area contributed by atoms with Gasteiger partial charge >= 0.3 is 0 Å². The number of anilines is 1. The van der Waals surface area contributed by atoms with E-state index < -0.39 is 0 Å². The molecule has 1 amide bonds. The lowest BCUT2D eigenvalue weighted by Gasteiger charge is -2.12. The number of hydrogen-bond donors (Lipinski definition) is 1. The fourth-order valence-corrected chi connectivity index (χ4v) is 1.93. The number of methoxy groups -OCH3 is 2. The molecular weight excluding hydrogens is 284 g/mol. The minimum Gasteiger partial charge on any atom is -0.493 e. The van der Waals surface area contributed by atoms with Crippen molar-refractivity contribution in [3.05, 3.63) is 42.1 Å². The maximum absolute atomic E-state index is 12.4. The molecule has 0 unspecified atom stereocenters. The first kappa shape index (κ1) is 15.6. The largest absolute Gasteiger partial charge is 0.493 e. The Morgan fingerprint density at radius 2 is 1.95 bits per heavy atom. The molecule has 0 aliphatic rings. The molecular formula is C16H18N2O4. The second kappa shape index (κ2) is 7.31. The molecule has 2 rings (SSSR count). The molecule has 1 heterocycles. The lowest BCUT2D eigenvalue weighted by molar-refractivity contribution is 0.102. The zero-order chi connectivity index (χ0) is 15.9. The van der Waals surface area contributed by atoms with E-state index in [9.17, 15) is 4.79 Å². The van der Waals surface area contributed by atoms with Crippen molar-refractivity contribution in [3.63, 3.8) is 0 Å². The molecule has 0 fully saturated rings. The van der Waals surface area contributed by atoms with E-state index in [0.29, 0.717) is 35.2 Å². The minimum absolute atomic E-state index is 0.302. The van der Waals surface area contributed by atoms with Crippen LogP contribution in [0.2, 0.25) is 0 Å². The Kier molecular flexibility index (Phi) is 5.19. The highest BCUT2D eigenvalue weighted by Crippen LogP contribution is 2.30. The number of benzene rings is 1. The third-order valence-corrected chi connectivity index (χ3v) is 2.94. The summed E-state index contributed by atoms with van der Waals surface area (Å²) in [7, 11) is 3.10. The predicted octanol–water partition coefficient (Wildman–Crippen LogP) is 2.75. The van der Waals surface area contributed by atoms with Crippen LogP contribution in [0, 0.1) is 0 Å². The van der Waals surface area contributed by atoms with Gasteiger partial charge in [0.05, 0.1) is 20.8 Å². The molecule has 1 N–H and O–H groups in total. The van der Waals surface area contributed by atoms with Crippen LogP contribution in [0.4, 0.5) is 5.69 Å². The summed E-state index contributed by atoms with van der Waals surface area (Å²) >= 11 is 0. The molecule has 0 atom stereocenters. The molecule has 0 saturated carbocycles. The first-order chi connectivity index (χ1) is 10.7. The first-order valence-corrected chi connectivity index (χ1v) is 6.80. The number of amides is 1. The van der Waals surface area contributed by atoms with Crippen LogP contribution in [0.15, 0.2) is 36.5 Å². The van der Waals surface area contributed by atoms with Crippen molar-refractivity contribution in [1.29, 1.82) is 0 Å². The molecule has 0 radical (unpaired) electrons. The van der Waals surface area contributed by atoms with Crippen LogP contribution >= 0.6 is 0 Å². The van der Waals surface area contributed by atoms with Crippen LogP contribution in [0.5, 0.6) is 17.4 Å². The van der Waals surface area contributed by atoms with Crippen LogP contribution in [-0.2, 0) is 0 Å². The van der Waals surface area contributed by atoms with Gasteiger partial charge in [0.15, 0.2) is 11.5 Å². The van der Waals surface area contributed by atoms with Gasteiger partial charge in [-0.15, -0.1) is 0 Å². The molecule has 6 heteroatoms. The van der Waals surface area contributed by atoms with Gasteiger partial charge in [-0.3, -0.25) is 4.79 Å². The third kappa shape index (κ3) is 3.46.